The molecule has 1 atom stereocenters. The molecular formula is C13H20OS. The second-order valence-electron chi connectivity index (χ2n) is 4.15. The van der Waals surface area contributed by atoms with E-state index in [1.54, 1.807) is 11.8 Å². The van der Waals surface area contributed by atoms with Crippen molar-refractivity contribution in [3.8, 4) is 0 Å². The Morgan fingerprint density at radius 1 is 1.13 bits per heavy atom. The number of aliphatic hydroxyl groups is 1. The highest BCUT2D eigenvalue weighted by atomic mass is 32.2. The van der Waals surface area contributed by atoms with Gasteiger partial charge in [-0.05, 0) is 61.8 Å². The van der Waals surface area contributed by atoms with Gasteiger partial charge in [0.1, 0.15) is 0 Å². The molecule has 0 saturated heterocycles. The molecule has 84 valence electrons. The molecule has 2 heteroatoms. The lowest BCUT2D eigenvalue weighted by atomic mass is 9.91. The van der Waals surface area contributed by atoms with Crippen molar-refractivity contribution < 1.29 is 5.11 Å². The Kier molecular flexibility index (Phi) is 4.23. The van der Waals surface area contributed by atoms with E-state index in [0.717, 1.165) is 11.3 Å². The molecule has 1 N–H and O–H groups in total. The van der Waals surface area contributed by atoms with E-state index in [1.165, 1.54) is 22.3 Å². The molecular weight excluding hydrogens is 204 g/mol. The molecule has 1 nitrogen and oxygen atoms in total. The number of thioether (sulfide) groups is 1. The zero-order chi connectivity index (χ0) is 11.6. The Balaban J connectivity index is 3.26. The maximum Gasteiger partial charge on any atom is 0.0885 e. The van der Waals surface area contributed by atoms with E-state index in [0.29, 0.717) is 0 Å². The molecule has 0 radical (unpaired) electrons. The summed E-state index contributed by atoms with van der Waals surface area (Å²) < 4.78 is 0. The van der Waals surface area contributed by atoms with Gasteiger partial charge in [0.25, 0.3) is 0 Å². The van der Waals surface area contributed by atoms with Gasteiger partial charge in [0.2, 0.25) is 0 Å². The Bertz CT molecular complexity index is 332. The third-order valence-electron chi connectivity index (χ3n) is 3.08. The van der Waals surface area contributed by atoms with Gasteiger partial charge in [0.15, 0.2) is 0 Å². The van der Waals surface area contributed by atoms with Crippen LogP contribution in [0.4, 0.5) is 0 Å². The Morgan fingerprint density at radius 2 is 1.60 bits per heavy atom. The third-order valence-corrected chi connectivity index (χ3v) is 3.73. The van der Waals surface area contributed by atoms with Gasteiger partial charge in [0, 0.05) is 5.75 Å². The number of benzene rings is 1. The first-order chi connectivity index (χ1) is 6.99. The molecule has 0 aliphatic rings. The van der Waals surface area contributed by atoms with Gasteiger partial charge in [-0.2, -0.15) is 11.8 Å². The van der Waals surface area contributed by atoms with E-state index >= 15 is 0 Å². The fraction of sp³-hybridized carbons (Fsp3) is 0.538. The summed E-state index contributed by atoms with van der Waals surface area (Å²) >= 11 is 1.68. The minimum atomic E-state index is -0.335. The van der Waals surface area contributed by atoms with E-state index < -0.39 is 0 Å². The summed E-state index contributed by atoms with van der Waals surface area (Å²) in [7, 11) is 0. The minimum absolute atomic E-state index is 0.335. The molecule has 0 bridgehead atoms. The summed E-state index contributed by atoms with van der Waals surface area (Å²) in [6, 6.07) is 2.19. The van der Waals surface area contributed by atoms with Gasteiger partial charge >= 0.3 is 0 Å². The van der Waals surface area contributed by atoms with Gasteiger partial charge in [-0.1, -0.05) is 6.07 Å². The summed E-state index contributed by atoms with van der Waals surface area (Å²) in [4.78, 5) is 0. The van der Waals surface area contributed by atoms with Crippen LogP contribution in [0.2, 0.25) is 0 Å². The molecule has 0 aliphatic heterocycles. The smallest absolute Gasteiger partial charge is 0.0885 e. The number of rotatable bonds is 3. The van der Waals surface area contributed by atoms with Crippen LogP contribution in [0, 0.1) is 27.7 Å². The van der Waals surface area contributed by atoms with Crippen molar-refractivity contribution in [3.05, 3.63) is 33.9 Å². The average Bonchev–Trinajstić information content (AvgIpc) is 2.16. The first-order valence-electron chi connectivity index (χ1n) is 5.23. The first kappa shape index (κ1) is 12.6. The van der Waals surface area contributed by atoms with Crippen LogP contribution in [0.25, 0.3) is 0 Å². The Hall–Kier alpha value is -0.470. The van der Waals surface area contributed by atoms with Gasteiger partial charge in [-0.15, -0.1) is 0 Å². The van der Waals surface area contributed by atoms with E-state index in [9.17, 15) is 5.11 Å². The molecule has 0 saturated carbocycles. The van der Waals surface area contributed by atoms with E-state index in [-0.39, 0.29) is 6.10 Å². The summed E-state index contributed by atoms with van der Waals surface area (Å²) in [5.74, 6) is 0.768. The van der Waals surface area contributed by atoms with E-state index in [2.05, 4.69) is 33.8 Å². The summed E-state index contributed by atoms with van der Waals surface area (Å²) in [6.07, 6.45) is 1.69. The number of aryl methyl sites for hydroxylation is 2. The fourth-order valence-electron chi connectivity index (χ4n) is 1.99. The zero-order valence-electron chi connectivity index (χ0n) is 10.2. The lowest BCUT2D eigenvalue weighted by Gasteiger charge is -2.19. The van der Waals surface area contributed by atoms with Gasteiger partial charge < -0.3 is 5.11 Å². The molecule has 0 aliphatic carbocycles. The van der Waals surface area contributed by atoms with Crippen LogP contribution in [0.1, 0.15) is 33.9 Å². The predicted octanol–water partition coefficient (Wildman–Crippen LogP) is 3.32. The lowest BCUT2D eigenvalue weighted by Crippen LogP contribution is -2.08. The highest BCUT2D eigenvalue weighted by Crippen LogP contribution is 2.28. The molecule has 0 spiro atoms. The molecule has 1 aromatic carbocycles. The SMILES string of the molecule is CSCC(O)c1c(C)c(C)cc(C)c1C. The van der Waals surface area contributed by atoms with Crippen molar-refractivity contribution in [1.82, 2.24) is 0 Å². The van der Waals surface area contributed by atoms with E-state index in [4.69, 9.17) is 0 Å². The molecule has 0 fully saturated rings. The molecule has 0 amide bonds. The summed E-state index contributed by atoms with van der Waals surface area (Å²) in [5.41, 5.74) is 6.14. The van der Waals surface area contributed by atoms with Gasteiger partial charge in [-0.3, -0.25) is 0 Å². The van der Waals surface area contributed by atoms with E-state index in [1.807, 2.05) is 6.26 Å². The van der Waals surface area contributed by atoms with Gasteiger partial charge in [-0.25, -0.2) is 0 Å². The molecule has 15 heavy (non-hydrogen) atoms. The minimum Gasteiger partial charge on any atom is -0.388 e. The third kappa shape index (κ3) is 2.56. The quantitative estimate of drug-likeness (QED) is 0.850. The first-order valence-corrected chi connectivity index (χ1v) is 6.62. The Labute approximate surface area is 96.9 Å². The molecule has 0 heterocycles. The van der Waals surface area contributed by atoms with Crippen LogP contribution in [-0.4, -0.2) is 17.1 Å². The average molecular weight is 224 g/mol. The Morgan fingerprint density at radius 3 is 2.00 bits per heavy atom. The van der Waals surface area contributed by atoms with Crippen LogP contribution >= 0.6 is 11.8 Å². The molecule has 1 aromatic rings. The largest absolute Gasteiger partial charge is 0.388 e. The second kappa shape index (κ2) is 5.04. The maximum absolute atomic E-state index is 10.1. The predicted molar refractivity (Wildman–Crippen MR) is 68.7 cm³/mol. The van der Waals surface area contributed by atoms with Crippen molar-refractivity contribution in [3.63, 3.8) is 0 Å². The van der Waals surface area contributed by atoms with Gasteiger partial charge in [0.05, 0.1) is 6.10 Å². The second-order valence-corrected chi connectivity index (χ2v) is 5.06. The standard InChI is InChI=1S/C13H20OS/c1-8-6-9(2)11(4)13(10(8)3)12(14)7-15-5/h6,12,14H,7H2,1-5H3. The summed E-state index contributed by atoms with van der Waals surface area (Å²) in [6.45, 7) is 8.41. The molecule has 1 unspecified atom stereocenters. The summed E-state index contributed by atoms with van der Waals surface area (Å²) in [5, 5.41) is 10.1. The highest BCUT2D eigenvalue weighted by molar-refractivity contribution is 7.98. The van der Waals surface area contributed by atoms with Crippen molar-refractivity contribution in [1.29, 1.82) is 0 Å². The zero-order valence-corrected chi connectivity index (χ0v) is 11.0. The van der Waals surface area contributed by atoms with Crippen molar-refractivity contribution in [2.45, 2.75) is 33.8 Å². The van der Waals surface area contributed by atoms with Crippen molar-refractivity contribution in [2.75, 3.05) is 12.0 Å². The molecule has 0 aromatic heterocycles. The number of hydrogen-bond acceptors (Lipinski definition) is 2. The normalized spacial score (nSPS) is 12.9. The monoisotopic (exact) mass is 224 g/mol. The molecule has 1 rings (SSSR count). The highest BCUT2D eigenvalue weighted by Gasteiger charge is 2.15. The number of hydrogen-bond donors (Lipinski definition) is 1. The van der Waals surface area contributed by atoms with Crippen molar-refractivity contribution in [2.24, 2.45) is 0 Å². The number of aliphatic hydroxyl groups excluding tert-OH is 1. The van der Waals surface area contributed by atoms with Crippen LogP contribution in [0.5, 0.6) is 0 Å². The topological polar surface area (TPSA) is 20.2 Å². The maximum atomic E-state index is 10.1. The van der Waals surface area contributed by atoms with Crippen LogP contribution in [-0.2, 0) is 0 Å². The van der Waals surface area contributed by atoms with Crippen LogP contribution in [0.3, 0.4) is 0 Å². The lowest BCUT2D eigenvalue weighted by molar-refractivity contribution is 0.202. The van der Waals surface area contributed by atoms with Crippen molar-refractivity contribution >= 4 is 11.8 Å². The van der Waals surface area contributed by atoms with Crippen LogP contribution in [0.15, 0.2) is 6.07 Å². The van der Waals surface area contributed by atoms with Crippen LogP contribution < -0.4 is 0 Å². The fourth-order valence-corrected chi connectivity index (χ4v) is 2.47.